The molecular weight excluding hydrogens is 214 g/mol. The summed E-state index contributed by atoms with van der Waals surface area (Å²) < 4.78 is 11.1. The fourth-order valence-corrected chi connectivity index (χ4v) is 2.98. The summed E-state index contributed by atoms with van der Waals surface area (Å²) in [5, 5.41) is 3.65. The average Bonchev–Trinajstić information content (AvgIpc) is 2.38. The molecule has 0 spiro atoms. The minimum atomic E-state index is 0.485. The van der Waals surface area contributed by atoms with Crippen molar-refractivity contribution in [2.75, 3.05) is 26.4 Å². The highest BCUT2D eigenvalue weighted by Gasteiger charge is 2.31. The van der Waals surface area contributed by atoms with E-state index in [1.54, 1.807) is 0 Å². The summed E-state index contributed by atoms with van der Waals surface area (Å²) in [4.78, 5) is 0. The zero-order valence-electron chi connectivity index (χ0n) is 11.1. The van der Waals surface area contributed by atoms with Crippen molar-refractivity contribution < 1.29 is 9.47 Å². The molecule has 0 bridgehead atoms. The molecule has 3 heteroatoms. The van der Waals surface area contributed by atoms with Gasteiger partial charge < -0.3 is 14.8 Å². The van der Waals surface area contributed by atoms with Gasteiger partial charge in [-0.05, 0) is 43.2 Å². The number of likely N-dealkylation sites (N-methyl/N-ethyl adjacent to an activating group) is 1. The minimum Gasteiger partial charge on any atom is -0.501 e. The predicted octanol–water partition coefficient (Wildman–Crippen LogP) is 2.33. The number of ether oxygens (including phenoxy) is 2. The average molecular weight is 239 g/mol. The van der Waals surface area contributed by atoms with Gasteiger partial charge in [0.25, 0.3) is 0 Å². The molecule has 2 heterocycles. The van der Waals surface area contributed by atoms with Crippen LogP contribution in [-0.4, -0.2) is 32.4 Å². The zero-order chi connectivity index (χ0) is 12.1. The van der Waals surface area contributed by atoms with Crippen molar-refractivity contribution in [3.63, 3.8) is 0 Å². The first-order valence-corrected chi connectivity index (χ1v) is 6.94. The second-order valence-corrected chi connectivity index (χ2v) is 5.21. The summed E-state index contributed by atoms with van der Waals surface area (Å²) in [6, 6.07) is 0.485. The summed E-state index contributed by atoms with van der Waals surface area (Å²) >= 11 is 0. The summed E-state index contributed by atoms with van der Waals surface area (Å²) in [6.07, 6.45) is 5.50. The van der Waals surface area contributed by atoms with Crippen LogP contribution < -0.4 is 5.32 Å². The molecule has 2 aliphatic heterocycles. The lowest BCUT2D eigenvalue weighted by Gasteiger charge is -2.37. The van der Waals surface area contributed by atoms with E-state index in [2.05, 4.69) is 19.2 Å². The van der Waals surface area contributed by atoms with Crippen LogP contribution in [0.1, 0.15) is 33.1 Å². The number of hydrogen-bond donors (Lipinski definition) is 1. The SMILES string of the molecule is CCNC(C1=COCCC1)C1CCOCC1C. The molecule has 0 aromatic carbocycles. The van der Waals surface area contributed by atoms with Gasteiger partial charge in [0.05, 0.1) is 12.9 Å². The standard InChI is InChI=1S/C14H25NO2/c1-3-15-14(12-5-4-7-16-10-12)13-6-8-17-9-11(13)2/h10-11,13-15H,3-9H2,1-2H3. The Kier molecular flexibility index (Phi) is 4.86. The Labute approximate surface area is 105 Å². The molecule has 3 unspecified atom stereocenters. The van der Waals surface area contributed by atoms with E-state index in [4.69, 9.17) is 9.47 Å². The van der Waals surface area contributed by atoms with E-state index in [0.717, 1.165) is 39.2 Å². The maximum atomic E-state index is 5.55. The monoisotopic (exact) mass is 239 g/mol. The minimum absolute atomic E-state index is 0.485. The summed E-state index contributed by atoms with van der Waals surface area (Å²) in [5.74, 6) is 1.33. The number of rotatable bonds is 4. The molecule has 0 saturated carbocycles. The Morgan fingerprint density at radius 3 is 3.00 bits per heavy atom. The molecule has 3 atom stereocenters. The Bertz CT molecular complexity index is 265. The van der Waals surface area contributed by atoms with Gasteiger partial charge in [-0.1, -0.05) is 13.8 Å². The van der Waals surface area contributed by atoms with Crippen molar-refractivity contribution in [3.8, 4) is 0 Å². The third-order valence-electron chi connectivity index (χ3n) is 3.92. The first-order valence-electron chi connectivity index (χ1n) is 6.94. The van der Waals surface area contributed by atoms with Crippen molar-refractivity contribution in [2.24, 2.45) is 11.8 Å². The molecular formula is C14H25NO2. The van der Waals surface area contributed by atoms with Gasteiger partial charge >= 0.3 is 0 Å². The molecule has 1 fully saturated rings. The zero-order valence-corrected chi connectivity index (χ0v) is 11.1. The van der Waals surface area contributed by atoms with Gasteiger partial charge in [0.1, 0.15) is 0 Å². The fraction of sp³-hybridized carbons (Fsp3) is 0.857. The van der Waals surface area contributed by atoms with E-state index < -0.39 is 0 Å². The van der Waals surface area contributed by atoms with Gasteiger partial charge in [-0.2, -0.15) is 0 Å². The van der Waals surface area contributed by atoms with Crippen molar-refractivity contribution in [3.05, 3.63) is 11.8 Å². The third-order valence-corrected chi connectivity index (χ3v) is 3.92. The molecule has 98 valence electrons. The molecule has 17 heavy (non-hydrogen) atoms. The Balaban J connectivity index is 2.06. The lowest BCUT2D eigenvalue weighted by Crippen LogP contribution is -2.44. The van der Waals surface area contributed by atoms with Crippen molar-refractivity contribution >= 4 is 0 Å². The van der Waals surface area contributed by atoms with Crippen molar-refractivity contribution in [2.45, 2.75) is 39.2 Å². The van der Waals surface area contributed by atoms with Crippen LogP contribution in [0.2, 0.25) is 0 Å². The normalized spacial score (nSPS) is 31.5. The van der Waals surface area contributed by atoms with Gasteiger partial charge in [-0.3, -0.25) is 0 Å². The largest absolute Gasteiger partial charge is 0.501 e. The quantitative estimate of drug-likeness (QED) is 0.817. The molecule has 0 radical (unpaired) electrons. The van der Waals surface area contributed by atoms with Crippen LogP contribution in [0, 0.1) is 11.8 Å². The summed E-state index contributed by atoms with van der Waals surface area (Å²) in [5.41, 5.74) is 1.46. The lowest BCUT2D eigenvalue weighted by molar-refractivity contribution is 0.0141. The first-order chi connectivity index (χ1) is 8.33. The van der Waals surface area contributed by atoms with Crippen LogP contribution in [-0.2, 0) is 9.47 Å². The van der Waals surface area contributed by atoms with Crippen LogP contribution in [0.5, 0.6) is 0 Å². The number of nitrogens with one attached hydrogen (secondary N) is 1. The highest BCUT2D eigenvalue weighted by molar-refractivity contribution is 5.12. The molecule has 0 aromatic heterocycles. The number of hydrogen-bond acceptors (Lipinski definition) is 3. The summed E-state index contributed by atoms with van der Waals surface area (Å²) in [7, 11) is 0. The summed E-state index contributed by atoms with van der Waals surface area (Å²) in [6.45, 7) is 8.20. The van der Waals surface area contributed by atoms with Crippen LogP contribution >= 0.6 is 0 Å². The maximum Gasteiger partial charge on any atom is 0.0876 e. The van der Waals surface area contributed by atoms with Crippen LogP contribution in [0.15, 0.2) is 11.8 Å². The molecule has 1 saturated heterocycles. The van der Waals surface area contributed by atoms with Gasteiger partial charge in [-0.15, -0.1) is 0 Å². The van der Waals surface area contributed by atoms with E-state index in [1.807, 2.05) is 6.26 Å². The van der Waals surface area contributed by atoms with Gasteiger partial charge in [0.2, 0.25) is 0 Å². The third kappa shape index (κ3) is 3.23. The van der Waals surface area contributed by atoms with E-state index in [-0.39, 0.29) is 0 Å². The van der Waals surface area contributed by atoms with Gasteiger partial charge in [0.15, 0.2) is 0 Å². The van der Waals surface area contributed by atoms with Gasteiger partial charge in [0, 0.05) is 19.3 Å². The van der Waals surface area contributed by atoms with Crippen molar-refractivity contribution in [1.29, 1.82) is 0 Å². The van der Waals surface area contributed by atoms with E-state index in [9.17, 15) is 0 Å². The highest BCUT2D eigenvalue weighted by atomic mass is 16.5. The second-order valence-electron chi connectivity index (χ2n) is 5.21. The smallest absolute Gasteiger partial charge is 0.0876 e. The molecule has 1 N–H and O–H groups in total. The van der Waals surface area contributed by atoms with Crippen LogP contribution in [0.3, 0.4) is 0 Å². The Morgan fingerprint density at radius 1 is 1.47 bits per heavy atom. The highest BCUT2D eigenvalue weighted by Crippen LogP contribution is 2.30. The van der Waals surface area contributed by atoms with E-state index >= 15 is 0 Å². The van der Waals surface area contributed by atoms with E-state index in [1.165, 1.54) is 12.0 Å². The molecule has 2 aliphatic rings. The molecule has 3 nitrogen and oxygen atoms in total. The van der Waals surface area contributed by atoms with Crippen LogP contribution in [0.4, 0.5) is 0 Å². The van der Waals surface area contributed by atoms with E-state index in [0.29, 0.717) is 17.9 Å². The van der Waals surface area contributed by atoms with Crippen molar-refractivity contribution in [1.82, 2.24) is 5.32 Å². The maximum absolute atomic E-state index is 5.55. The Hall–Kier alpha value is -0.540. The first kappa shape index (κ1) is 12.9. The molecule has 0 aliphatic carbocycles. The Morgan fingerprint density at radius 2 is 2.35 bits per heavy atom. The topological polar surface area (TPSA) is 30.5 Å². The lowest BCUT2D eigenvalue weighted by atomic mass is 9.79. The predicted molar refractivity (Wildman–Crippen MR) is 68.8 cm³/mol. The molecule has 0 aromatic rings. The molecule has 2 rings (SSSR count). The van der Waals surface area contributed by atoms with Gasteiger partial charge in [-0.25, -0.2) is 0 Å². The second kappa shape index (κ2) is 6.41. The fourth-order valence-electron chi connectivity index (χ4n) is 2.98. The molecule has 0 amide bonds. The van der Waals surface area contributed by atoms with Crippen LogP contribution in [0.25, 0.3) is 0 Å².